The fourth-order valence-corrected chi connectivity index (χ4v) is 1.10. The maximum Gasteiger partial charge on any atom is 0.421 e. The maximum atomic E-state index is 12.3. The maximum absolute atomic E-state index is 12.3. The molecule has 0 aliphatic rings. The molecule has 0 bridgehead atoms. The van der Waals surface area contributed by atoms with Gasteiger partial charge in [0.15, 0.2) is 0 Å². The summed E-state index contributed by atoms with van der Waals surface area (Å²) in [4.78, 5) is 12.9. The van der Waals surface area contributed by atoms with Crippen molar-refractivity contribution < 1.29 is 13.2 Å². The smallest absolute Gasteiger partial charge is 0.306 e. The molecule has 14 heavy (non-hydrogen) atoms. The number of fused-ring (bicyclic) bond motifs is 1. The molecule has 0 aromatic carbocycles. The summed E-state index contributed by atoms with van der Waals surface area (Å²) < 4.78 is 37.9. The summed E-state index contributed by atoms with van der Waals surface area (Å²) in [6.45, 7) is 0. The molecule has 2 aromatic rings. The molecule has 2 heterocycles. The number of hydrogen-bond donors (Lipinski definition) is 1. The van der Waals surface area contributed by atoms with Crippen LogP contribution in [0.15, 0.2) is 23.3 Å². The number of nitrogens with one attached hydrogen (secondary N) is 1. The van der Waals surface area contributed by atoms with Crippen LogP contribution in [0.25, 0.3) is 5.65 Å². The van der Waals surface area contributed by atoms with Gasteiger partial charge in [-0.25, -0.2) is 4.52 Å². The van der Waals surface area contributed by atoms with E-state index in [4.69, 9.17) is 0 Å². The minimum atomic E-state index is -4.51. The summed E-state index contributed by atoms with van der Waals surface area (Å²) in [6, 6.07) is 1.10. The minimum Gasteiger partial charge on any atom is -0.306 e. The molecule has 4 nitrogen and oxygen atoms in total. The average Bonchev–Trinajstić information content (AvgIpc) is 2.45. The molecule has 0 fully saturated rings. The Bertz CT molecular complexity index is 525. The lowest BCUT2D eigenvalue weighted by molar-refractivity contribution is -0.136. The van der Waals surface area contributed by atoms with E-state index in [1.54, 1.807) is 0 Å². The lowest BCUT2D eigenvalue weighted by Crippen LogP contribution is -2.10. The van der Waals surface area contributed by atoms with Crippen molar-refractivity contribution in [2.45, 2.75) is 6.18 Å². The Morgan fingerprint density at radius 1 is 1.43 bits per heavy atom. The lowest BCUT2D eigenvalue weighted by Gasteiger charge is -2.02. The number of rotatable bonds is 0. The largest absolute Gasteiger partial charge is 0.421 e. The first-order valence-corrected chi connectivity index (χ1v) is 3.62. The number of aromatic nitrogens is 3. The molecule has 0 spiro atoms. The molecule has 0 unspecified atom stereocenters. The van der Waals surface area contributed by atoms with Crippen LogP contribution in [0.2, 0.25) is 0 Å². The van der Waals surface area contributed by atoms with Crippen molar-refractivity contribution in [1.29, 1.82) is 0 Å². The van der Waals surface area contributed by atoms with Gasteiger partial charge in [0.1, 0.15) is 11.2 Å². The van der Waals surface area contributed by atoms with Crippen molar-refractivity contribution >= 4 is 5.65 Å². The molecule has 74 valence electrons. The molecule has 0 saturated heterocycles. The molecular weight excluding hydrogens is 199 g/mol. The van der Waals surface area contributed by atoms with Crippen molar-refractivity contribution in [3.8, 4) is 0 Å². The van der Waals surface area contributed by atoms with E-state index in [0.717, 1.165) is 10.6 Å². The highest BCUT2D eigenvalue weighted by Crippen LogP contribution is 2.30. The Morgan fingerprint density at radius 3 is 2.79 bits per heavy atom. The van der Waals surface area contributed by atoms with Gasteiger partial charge in [-0.05, 0) is 0 Å². The monoisotopic (exact) mass is 203 g/mol. The first-order valence-electron chi connectivity index (χ1n) is 3.62. The fraction of sp³-hybridized carbons (Fsp3) is 0.143. The molecule has 2 aromatic heterocycles. The van der Waals surface area contributed by atoms with Gasteiger partial charge in [0.2, 0.25) is 0 Å². The highest BCUT2D eigenvalue weighted by atomic mass is 19.4. The Labute approximate surface area is 75.0 Å². The third-order valence-electron chi connectivity index (χ3n) is 1.71. The number of nitrogens with zero attached hydrogens (tertiary/aromatic N) is 2. The van der Waals surface area contributed by atoms with Crippen LogP contribution in [-0.4, -0.2) is 14.6 Å². The van der Waals surface area contributed by atoms with Crippen LogP contribution in [0, 0.1) is 0 Å². The molecule has 0 amide bonds. The number of halogens is 3. The van der Waals surface area contributed by atoms with Gasteiger partial charge < -0.3 is 4.98 Å². The van der Waals surface area contributed by atoms with Gasteiger partial charge in [0.05, 0.1) is 6.20 Å². The van der Waals surface area contributed by atoms with Gasteiger partial charge in [-0.1, -0.05) is 0 Å². The Hall–Kier alpha value is -1.79. The van der Waals surface area contributed by atoms with Crippen LogP contribution in [0.1, 0.15) is 5.56 Å². The van der Waals surface area contributed by atoms with Crippen molar-refractivity contribution in [3.63, 3.8) is 0 Å². The third kappa shape index (κ3) is 1.26. The van der Waals surface area contributed by atoms with Gasteiger partial charge >= 0.3 is 6.18 Å². The summed E-state index contributed by atoms with van der Waals surface area (Å²) in [7, 11) is 0. The van der Waals surface area contributed by atoms with E-state index >= 15 is 0 Å². The van der Waals surface area contributed by atoms with E-state index in [0.29, 0.717) is 6.20 Å². The topological polar surface area (TPSA) is 50.2 Å². The number of H-pyrrole nitrogens is 1. The second kappa shape index (κ2) is 2.60. The summed E-state index contributed by atoms with van der Waals surface area (Å²) in [6.07, 6.45) is -2.67. The lowest BCUT2D eigenvalue weighted by atomic mass is 10.3. The highest BCUT2D eigenvalue weighted by Gasteiger charge is 2.34. The Morgan fingerprint density at radius 2 is 2.14 bits per heavy atom. The van der Waals surface area contributed by atoms with Crippen molar-refractivity contribution in [2.75, 3.05) is 0 Å². The predicted octanol–water partition coefficient (Wildman–Crippen LogP) is 1.04. The van der Waals surface area contributed by atoms with E-state index in [1.807, 2.05) is 0 Å². The van der Waals surface area contributed by atoms with Crippen LogP contribution < -0.4 is 5.56 Å². The molecule has 0 radical (unpaired) electrons. The minimum absolute atomic E-state index is 0.343. The van der Waals surface area contributed by atoms with Gasteiger partial charge in [-0.2, -0.15) is 18.3 Å². The number of aromatic amines is 1. The first kappa shape index (κ1) is 8.79. The zero-order chi connectivity index (χ0) is 10.3. The summed E-state index contributed by atoms with van der Waals surface area (Å²) in [5, 5.41) is 3.45. The van der Waals surface area contributed by atoms with Crippen LogP contribution in [-0.2, 0) is 6.18 Å². The SMILES string of the molecule is O=c1ccn2ncc(C(F)(F)F)c2[nH]1. The number of hydrogen-bond acceptors (Lipinski definition) is 2. The van der Waals surface area contributed by atoms with Crippen molar-refractivity contribution in [3.05, 3.63) is 34.4 Å². The number of alkyl halides is 3. The Balaban J connectivity index is 2.80. The zero-order valence-corrected chi connectivity index (χ0v) is 6.67. The van der Waals surface area contributed by atoms with Gasteiger partial charge in [0, 0.05) is 12.3 Å². The molecular formula is C7H4F3N3O. The molecule has 7 heteroatoms. The molecule has 2 rings (SSSR count). The van der Waals surface area contributed by atoms with Crippen LogP contribution in [0.5, 0.6) is 0 Å². The molecule has 0 saturated carbocycles. The van der Waals surface area contributed by atoms with Crippen molar-refractivity contribution in [2.24, 2.45) is 0 Å². The third-order valence-corrected chi connectivity index (χ3v) is 1.71. The summed E-state index contributed by atoms with van der Waals surface area (Å²) in [5.74, 6) is 0. The quantitative estimate of drug-likeness (QED) is 0.695. The average molecular weight is 203 g/mol. The summed E-state index contributed by atoms with van der Waals surface area (Å²) >= 11 is 0. The molecule has 0 aliphatic heterocycles. The fourth-order valence-electron chi connectivity index (χ4n) is 1.10. The first-order chi connectivity index (χ1) is 6.48. The zero-order valence-electron chi connectivity index (χ0n) is 6.67. The molecule has 0 aliphatic carbocycles. The van der Waals surface area contributed by atoms with E-state index < -0.39 is 17.3 Å². The van der Waals surface area contributed by atoms with Gasteiger partial charge in [0.25, 0.3) is 5.56 Å². The van der Waals surface area contributed by atoms with Gasteiger partial charge in [-0.15, -0.1) is 0 Å². The summed E-state index contributed by atoms with van der Waals surface area (Å²) in [5.41, 5.74) is -1.89. The van der Waals surface area contributed by atoms with E-state index in [-0.39, 0.29) is 5.65 Å². The molecule has 0 atom stereocenters. The predicted molar refractivity (Wildman–Crippen MR) is 40.8 cm³/mol. The van der Waals surface area contributed by atoms with Gasteiger partial charge in [-0.3, -0.25) is 4.79 Å². The standard InChI is InChI=1S/C7H4F3N3O/c8-7(9,10)4-3-11-13-2-1-5(14)12-6(4)13/h1-3H,(H,12,14). The van der Waals surface area contributed by atoms with Crippen LogP contribution in [0.4, 0.5) is 13.2 Å². The van der Waals surface area contributed by atoms with Crippen molar-refractivity contribution in [1.82, 2.24) is 14.6 Å². The van der Waals surface area contributed by atoms with Crippen LogP contribution in [0.3, 0.4) is 0 Å². The van der Waals surface area contributed by atoms with E-state index in [2.05, 4.69) is 10.1 Å². The Kier molecular flexibility index (Phi) is 1.63. The second-order valence-electron chi connectivity index (χ2n) is 2.65. The van der Waals surface area contributed by atoms with Crippen LogP contribution >= 0.6 is 0 Å². The van der Waals surface area contributed by atoms with E-state index in [9.17, 15) is 18.0 Å². The van der Waals surface area contributed by atoms with E-state index in [1.165, 1.54) is 6.20 Å². The normalized spacial score (nSPS) is 12.2. The highest BCUT2D eigenvalue weighted by molar-refractivity contribution is 5.47. The molecule has 1 N–H and O–H groups in total. The second-order valence-corrected chi connectivity index (χ2v) is 2.65.